The quantitative estimate of drug-likeness (QED) is 0.270. The van der Waals surface area contributed by atoms with Crippen LogP contribution in [0.3, 0.4) is 0 Å². The van der Waals surface area contributed by atoms with Crippen LogP contribution in [-0.2, 0) is 23.0 Å². The van der Waals surface area contributed by atoms with Gasteiger partial charge in [-0.1, -0.05) is 26.7 Å². The summed E-state index contributed by atoms with van der Waals surface area (Å²) >= 11 is 1.33. The van der Waals surface area contributed by atoms with Crippen LogP contribution in [0, 0.1) is 32.9 Å². The average Bonchev–Trinajstić information content (AvgIpc) is 2.80. The first-order valence-corrected chi connectivity index (χ1v) is 13.8. The van der Waals surface area contributed by atoms with Gasteiger partial charge >= 0.3 is 29.9 Å². The fourth-order valence-electron chi connectivity index (χ4n) is 1.50. The van der Waals surface area contributed by atoms with Gasteiger partial charge in [-0.05, 0) is 0 Å². The van der Waals surface area contributed by atoms with E-state index in [0.717, 1.165) is 6.42 Å². The van der Waals surface area contributed by atoms with Crippen molar-refractivity contribution in [3.05, 3.63) is 62.0 Å². The second-order valence-electron chi connectivity index (χ2n) is 4.04. The molecule has 0 bridgehead atoms. The number of hydrogen-bond donors (Lipinski definition) is 0. The molecule has 0 amide bonds. The molecule has 0 fully saturated rings. The van der Waals surface area contributed by atoms with Gasteiger partial charge in [-0.15, -0.1) is 13.3 Å². The van der Waals surface area contributed by atoms with E-state index >= 15 is 0 Å². The van der Waals surface area contributed by atoms with Gasteiger partial charge in [0.15, 0.2) is 0 Å². The van der Waals surface area contributed by atoms with Gasteiger partial charge in [0.1, 0.15) is 0 Å². The Morgan fingerprint density at radius 1 is 1.15 bits per heavy atom. The molecule has 0 aromatic carbocycles. The van der Waals surface area contributed by atoms with Crippen molar-refractivity contribution in [2.75, 3.05) is 0 Å². The van der Waals surface area contributed by atoms with Crippen molar-refractivity contribution in [3.8, 4) is 0 Å². The van der Waals surface area contributed by atoms with Crippen LogP contribution in [0.1, 0.15) is 34.1 Å². The van der Waals surface area contributed by atoms with E-state index in [4.69, 9.17) is 0 Å². The summed E-state index contributed by atoms with van der Waals surface area (Å²) in [7, 11) is 0. The Morgan fingerprint density at radius 3 is 1.75 bits per heavy atom. The number of hydrogen-bond acceptors (Lipinski definition) is 0. The van der Waals surface area contributed by atoms with Crippen LogP contribution in [0.25, 0.3) is 0 Å². The van der Waals surface area contributed by atoms with Crippen molar-refractivity contribution in [2.45, 2.75) is 34.1 Å². The van der Waals surface area contributed by atoms with Gasteiger partial charge < -0.3 is 39.7 Å². The van der Waals surface area contributed by atoms with E-state index in [2.05, 4.69) is 52.0 Å². The molecule has 0 saturated carbocycles. The van der Waals surface area contributed by atoms with Gasteiger partial charge in [0.25, 0.3) is 0 Å². The molecule has 2 aliphatic rings. The van der Waals surface area contributed by atoms with Crippen LogP contribution in [0.5, 0.6) is 0 Å². The molecule has 116 valence electrons. The Hall–Kier alpha value is 0.627. The third kappa shape index (κ3) is 16.7. The predicted molar refractivity (Wildman–Crippen MR) is 82.9 cm³/mol. The summed E-state index contributed by atoms with van der Waals surface area (Å²) in [6.07, 6.45) is 13.8. The molecular formula is C16H26Cl2HfSi-4. The van der Waals surface area contributed by atoms with Crippen LogP contribution in [0.4, 0.5) is 0 Å². The van der Waals surface area contributed by atoms with Crippen LogP contribution < -0.4 is 24.8 Å². The molecule has 2 aliphatic carbocycles. The van der Waals surface area contributed by atoms with Crippen molar-refractivity contribution in [1.82, 2.24) is 0 Å². The van der Waals surface area contributed by atoms with Gasteiger partial charge in [0, 0.05) is 0 Å². The number of halogens is 2. The molecule has 2 rings (SSSR count). The zero-order chi connectivity index (χ0) is 12.6. The Kier molecular flexibility index (Phi) is 31.9. The van der Waals surface area contributed by atoms with Crippen LogP contribution in [0.15, 0.2) is 34.9 Å². The summed E-state index contributed by atoms with van der Waals surface area (Å²) in [4.78, 5) is 0. The first kappa shape index (κ1) is 32.5. The molecule has 0 radical (unpaired) electrons. The number of allylic oxidation sites excluding steroid dienone is 8. The summed E-state index contributed by atoms with van der Waals surface area (Å²) in [5.41, 5.74) is 4.06. The molecule has 0 N–H and O–H groups in total. The molecule has 0 aliphatic heterocycles. The van der Waals surface area contributed by atoms with Gasteiger partial charge in [0.05, 0.1) is 0 Å². The van der Waals surface area contributed by atoms with Crippen LogP contribution >= 0.6 is 0 Å². The van der Waals surface area contributed by atoms with Crippen molar-refractivity contribution in [2.24, 2.45) is 5.92 Å². The first-order chi connectivity index (χ1) is 7.58. The SMILES string of the molecule is CC1=CC(C)[C-]=C1.CC1=[C-]CC(C)=C1.[CH3-].[CH3-].[Cl-].[Cl-].[SiH2]=[Hf+2]. The monoisotopic (exact) mass is 496 g/mol. The second-order valence-corrected chi connectivity index (χ2v) is 4.04. The zero-order valence-electron chi connectivity index (χ0n) is 13.5. The molecule has 0 spiro atoms. The van der Waals surface area contributed by atoms with Crippen molar-refractivity contribution < 1.29 is 47.8 Å². The zero-order valence-corrected chi connectivity index (χ0v) is 20.0. The Labute approximate surface area is 156 Å². The average molecular weight is 496 g/mol. The van der Waals surface area contributed by atoms with E-state index in [1.807, 2.05) is 13.0 Å². The summed E-state index contributed by atoms with van der Waals surface area (Å²) in [6, 6.07) is 0. The first-order valence-electron chi connectivity index (χ1n) is 5.45. The van der Waals surface area contributed by atoms with E-state index in [0.29, 0.717) is 5.92 Å². The Balaban J connectivity index is -0.0000000566. The Bertz CT molecular complexity index is 344. The molecule has 0 saturated heterocycles. The fourth-order valence-corrected chi connectivity index (χ4v) is 1.50. The predicted octanol–water partition coefficient (Wildman–Crippen LogP) is -1.98. The molecular weight excluding hydrogens is 470 g/mol. The molecule has 0 nitrogen and oxygen atoms in total. The van der Waals surface area contributed by atoms with Gasteiger partial charge in [0.2, 0.25) is 0 Å². The van der Waals surface area contributed by atoms with Crippen molar-refractivity contribution >= 4 is 6.94 Å². The van der Waals surface area contributed by atoms with Crippen molar-refractivity contribution in [3.63, 3.8) is 0 Å². The third-order valence-electron chi connectivity index (χ3n) is 2.20. The number of rotatable bonds is 0. The minimum atomic E-state index is 0. The van der Waals surface area contributed by atoms with Crippen LogP contribution in [0.2, 0.25) is 0 Å². The standard InChI is InChI=1S/2C7H9.2CH3.2ClH.Hf.H2Si/c2*1-6-3-4-7(2)5-6;;;;;;/h5H,3H2,1-2H3;3,5,7H,1-2H3;2*1H3;2*1H;;1H2/q4*-1;;;+2;/p-2. The molecule has 0 aromatic rings. The van der Waals surface area contributed by atoms with E-state index < -0.39 is 0 Å². The van der Waals surface area contributed by atoms with Gasteiger partial charge in [-0.2, -0.15) is 11.6 Å². The molecule has 4 heteroatoms. The van der Waals surface area contributed by atoms with E-state index in [9.17, 15) is 0 Å². The summed E-state index contributed by atoms with van der Waals surface area (Å²) in [5, 5.41) is 0. The minimum absolute atomic E-state index is 0. The molecule has 0 aromatic heterocycles. The fraction of sp³-hybridized carbons (Fsp3) is 0.375. The van der Waals surface area contributed by atoms with Crippen LogP contribution in [-0.4, -0.2) is 6.94 Å². The van der Waals surface area contributed by atoms with E-state index in [1.54, 1.807) is 0 Å². The molecule has 0 heterocycles. The van der Waals surface area contributed by atoms with Crippen molar-refractivity contribution in [1.29, 1.82) is 0 Å². The molecule has 20 heavy (non-hydrogen) atoms. The summed E-state index contributed by atoms with van der Waals surface area (Å²) < 4.78 is 0. The third-order valence-corrected chi connectivity index (χ3v) is 2.20. The second kappa shape index (κ2) is 19.6. The summed E-state index contributed by atoms with van der Waals surface area (Å²) in [6.45, 7) is 10.4. The van der Waals surface area contributed by atoms with Gasteiger partial charge in [-0.3, -0.25) is 12.2 Å². The van der Waals surface area contributed by atoms with E-state index in [1.165, 1.54) is 39.7 Å². The molecule has 1 atom stereocenters. The normalized spacial score (nSPS) is 16.9. The maximum absolute atomic E-state index is 3.19. The Morgan fingerprint density at radius 2 is 1.65 bits per heavy atom. The van der Waals surface area contributed by atoms with Gasteiger partial charge in [-0.25, -0.2) is 23.3 Å². The topological polar surface area (TPSA) is 0 Å². The van der Waals surface area contributed by atoms with E-state index in [-0.39, 0.29) is 39.7 Å². The molecule has 1 unspecified atom stereocenters. The maximum atomic E-state index is 3.19. The summed E-state index contributed by atoms with van der Waals surface area (Å²) in [5.74, 6) is 0.556.